The fourth-order valence-electron chi connectivity index (χ4n) is 8.92. The van der Waals surface area contributed by atoms with Gasteiger partial charge in [-0.05, 0) is 104 Å². The number of rotatable bonds is 4. The maximum atomic E-state index is 11.6. The summed E-state index contributed by atoms with van der Waals surface area (Å²) in [5.74, 6) is 3.72. The third-order valence-electron chi connectivity index (χ3n) is 10.5. The van der Waals surface area contributed by atoms with Gasteiger partial charge in [-0.1, -0.05) is 20.8 Å². The van der Waals surface area contributed by atoms with E-state index in [1.807, 2.05) is 0 Å². The van der Waals surface area contributed by atoms with Crippen molar-refractivity contribution < 1.29 is 19.7 Å². The highest BCUT2D eigenvalue weighted by Crippen LogP contribution is 2.68. The monoisotopic (exact) mass is 406 g/mol. The highest BCUT2D eigenvalue weighted by atomic mass is 16.5. The second-order valence-corrected chi connectivity index (χ2v) is 11.5. The van der Waals surface area contributed by atoms with Crippen LogP contribution in [0.25, 0.3) is 0 Å². The van der Waals surface area contributed by atoms with Crippen molar-refractivity contribution in [2.45, 2.75) is 97.2 Å². The predicted molar refractivity (Wildman–Crippen MR) is 113 cm³/mol. The van der Waals surface area contributed by atoms with E-state index >= 15 is 0 Å². The van der Waals surface area contributed by atoms with Crippen LogP contribution in [0.3, 0.4) is 0 Å². The highest BCUT2D eigenvalue weighted by molar-refractivity contribution is 5.69. The highest BCUT2D eigenvalue weighted by Gasteiger charge is 2.62. The van der Waals surface area contributed by atoms with E-state index in [0.29, 0.717) is 41.9 Å². The van der Waals surface area contributed by atoms with Gasteiger partial charge in [0.1, 0.15) is 0 Å². The van der Waals surface area contributed by atoms with E-state index in [1.54, 1.807) is 0 Å². The molecule has 0 aliphatic heterocycles. The Hall–Kier alpha value is -0.610. The van der Waals surface area contributed by atoms with E-state index < -0.39 is 0 Å². The largest absolute Gasteiger partial charge is 0.469 e. The van der Waals surface area contributed by atoms with Gasteiger partial charge >= 0.3 is 5.97 Å². The zero-order chi connectivity index (χ0) is 21.0. The number of carbonyl (C=O) groups is 1. The second-order valence-electron chi connectivity index (χ2n) is 11.5. The Bertz CT molecular complexity index is 620. The van der Waals surface area contributed by atoms with Crippen LogP contribution < -0.4 is 0 Å². The molecule has 0 aromatic rings. The van der Waals surface area contributed by atoms with E-state index in [1.165, 1.54) is 45.6 Å². The molecule has 0 aromatic heterocycles. The molecule has 4 fully saturated rings. The van der Waals surface area contributed by atoms with Crippen molar-refractivity contribution in [3.63, 3.8) is 0 Å². The fraction of sp³-hybridized carbons (Fsp3) is 0.960. The van der Waals surface area contributed by atoms with Crippen LogP contribution in [0, 0.1) is 46.3 Å². The summed E-state index contributed by atoms with van der Waals surface area (Å²) < 4.78 is 4.86. The van der Waals surface area contributed by atoms with Gasteiger partial charge in [-0.2, -0.15) is 0 Å². The Labute approximate surface area is 176 Å². The number of hydrogen-bond acceptors (Lipinski definition) is 4. The Morgan fingerprint density at radius 2 is 1.83 bits per heavy atom. The minimum atomic E-state index is -0.357. The number of carbonyl (C=O) groups excluding carboxylic acids is 1. The van der Waals surface area contributed by atoms with Gasteiger partial charge in [0.15, 0.2) is 0 Å². The van der Waals surface area contributed by atoms with Crippen molar-refractivity contribution in [2.75, 3.05) is 7.11 Å². The molecule has 0 saturated heterocycles. The smallest absolute Gasteiger partial charge is 0.305 e. The van der Waals surface area contributed by atoms with E-state index in [9.17, 15) is 15.0 Å². The average molecular weight is 407 g/mol. The molecule has 0 heterocycles. The minimum Gasteiger partial charge on any atom is -0.469 e. The molecular weight excluding hydrogens is 364 g/mol. The SMILES string of the molecule is COC(=O)CC[C@@H](C)[C@H]1CC[C@H]2[C@@H]3CC[C@@H]4C[C@H](O)C[C@H](O)[C@]4(C)[C@H]3CC[C@]12C. The number of aliphatic hydroxyl groups is 2. The zero-order valence-electron chi connectivity index (χ0n) is 18.9. The lowest BCUT2D eigenvalue weighted by molar-refractivity contribution is -0.182. The molecule has 0 radical (unpaired) electrons. The molecule has 4 aliphatic carbocycles. The molecule has 4 rings (SSSR count). The van der Waals surface area contributed by atoms with Gasteiger partial charge < -0.3 is 14.9 Å². The first-order valence-electron chi connectivity index (χ1n) is 12.1. The van der Waals surface area contributed by atoms with Crippen molar-refractivity contribution in [1.29, 1.82) is 0 Å². The normalized spacial score (nSPS) is 50.2. The first-order chi connectivity index (χ1) is 13.7. The third-order valence-corrected chi connectivity index (χ3v) is 10.5. The molecule has 166 valence electrons. The first-order valence-corrected chi connectivity index (χ1v) is 12.1. The summed E-state index contributed by atoms with van der Waals surface area (Å²) in [7, 11) is 1.48. The van der Waals surface area contributed by atoms with Crippen LogP contribution in [-0.2, 0) is 9.53 Å². The molecular formula is C25H42O4. The van der Waals surface area contributed by atoms with Gasteiger partial charge in [0, 0.05) is 6.42 Å². The van der Waals surface area contributed by atoms with Crippen LogP contribution in [0.2, 0.25) is 0 Å². The lowest BCUT2D eigenvalue weighted by Crippen LogP contribution is -2.59. The van der Waals surface area contributed by atoms with Crippen molar-refractivity contribution in [1.82, 2.24) is 0 Å². The summed E-state index contributed by atoms with van der Waals surface area (Å²) in [6.45, 7) is 7.23. The van der Waals surface area contributed by atoms with E-state index in [-0.39, 0.29) is 23.6 Å². The topological polar surface area (TPSA) is 66.8 Å². The molecule has 0 spiro atoms. The lowest BCUT2D eigenvalue weighted by Gasteiger charge is -2.62. The molecule has 29 heavy (non-hydrogen) atoms. The number of fused-ring (bicyclic) bond motifs is 5. The van der Waals surface area contributed by atoms with Crippen LogP contribution in [0.15, 0.2) is 0 Å². The number of esters is 1. The molecule has 4 aliphatic rings. The van der Waals surface area contributed by atoms with Crippen molar-refractivity contribution in [2.24, 2.45) is 46.3 Å². The Morgan fingerprint density at radius 3 is 2.55 bits per heavy atom. The molecule has 0 amide bonds. The molecule has 4 nitrogen and oxygen atoms in total. The number of ether oxygens (including phenoxy) is 1. The summed E-state index contributed by atoms with van der Waals surface area (Å²) >= 11 is 0. The predicted octanol–water partition coefficient (Wildman–Crippen LogP) is 4.57. The summed E-state index contributed by atoms with van der Waals surface area (Å²) in [6, 6.07) is 0. The summed E-state index contributed by atoms with van der Waals surface area (Å²) in [5, 5.41) is 21.3. The first kappa shape index (κ1) is 21.6. The quantitative estimate of drug-likeness (QED) is 0.671. The number of hydrogen-bond donors (Lipinski definition) is 2. The molecule has 0 aromatic carbocycles. The van der Waals surface area contributed by atoms with E-state index in [0.717, 1.165) is 24.7 Å². The number of aliphatic hydroxyl groups excluding tert-OH is 2. The van der Waals surface area contributed by atoms with Crippen LogP contribution >= 0.6 is 0 Å². The molecule has 2 N–H and O–H groups in total. The van der Waals surface area contributed by atoms with Gasteiger partial charge in [0.05, 0.1) is 19.3 Å². The van der Waals surface area contributed by atoms with Crippen molar-refractivity contribution in [3.8, 4) is 0 Å². The minimum absolute atomic E-state index is 0.0158. The molecule has 10 atom stereocenters. The Balaban J connectivity index is 1.51. The standard InChI is InChI=1S/C25H42O4/c1-15(5-10-23(28)29-4)19-8-9-20-18-7-6-16-13-17(26)14-22(27)25(16,3)21(18)11-12-24(19,20)2/h15-22,26-27H,5-14H2,1-4H3/t15-,16-,17+,18+,19-,20+,21+,22+,24-,25+/m1/s1. The third kappa shape index (κ3) is 3.37. The summed E-state index contributed by atoms with van der Waals surface area (Å²) in [6.07, 6.45) is 9.75. The fourth-order valence-corrected chi connectivity index (χ4v) is 8.92. The van der Waals surface area contributed by atoms with Gasteiger partial charge in [-0.25, -0.2) is 0 Å². The molecule has 0 bridgehead atoms. The van der Waals surface area contributed by atoms with Gasteiger partial charge in [0.2, 0.25) is 0 Å². The second kappa shape index (κ2) is 7.82. The Morgan fingerprint density at radius 1 is 1.07 bits per heavy atom. The van der Waals surface area contributed by atoms with E-state index in [2.05, 4.69) is 20.8 Å². The van der Waals surface area contributed by atoms with Crippen molar-refractivity contribution in [3.05, 3.63) is 0 Å². The summed E-state index contributed by atoms with van der Waals surface area (Å²) in [4.78, 5) is 11.6. The number of methoxy groups -OCH3 is 1. The lowest BCUT2D eigenvalue weighted by atomic mass is 9.43. The van der Waals surface area contributed by atoms with Crippen LogP contribution in [0.1, 0.15) is 85.0 Å². The maximum Gasteiger partial charge on any atom is 0.305 e. The van der Waals surface area contributed by atoms with Gasteiger partial charge in [0.25, 0.3) is 0 Å². The van der Waals surface area contributed by atoms with Gasteiger partial charge in [-0.3, -0.25) is 4.79 Å². The molecule has 0 unspecified atom stereocenters. The summed E-state index contributed by atoms with van der Waals surface area (Å²) in [5.41, 5.74) is 0.358. The average Bonchev–Trinajstić information content (AvgIpc) is 3.04. The maximum absolute atomic E-state index is 11.6. The van der Waals surface area contributed by atoms with Crippen LogP contribution in [0.5, 0.6) is 0 Å². The molecule has 4 saturated carbocycles. The van der Waals surface area contributed by atoms with Crippen LogP contribution in [-0.4, -0.2) is 35.5 Å². The van der Waals surface area contributed by atoms with Gasteiger partial charge in [-0.15, -0.1) is 0 Å². The Kier molecular flexibility index (Phi) is 5.83. The van der Waals surface area contributed by atoms with Crippen LogP contribution in [0.4, 0.5) is 0 Å². The molecule has 4 heteroatoms. The zero-order valence-corrected chi connectivity index (χ0v) is 18.9. The van der Waals surface area contributed by atoms with Crippen molar-refractivity contribution >= 4 is 5.97 Å². The van der Waals surface area contributed by atoms with E-state index in [4.69, 9.17) is 4.74 Å².